The number of hydrogen-bond acceptors (Lipinski definition) is 1. The Kier molecular flexibility index (Phi) is 3.24. The third-order valence-electron chi connectivity index (χ3n) is 2.72. The lowest BCUT2D eigenvalue weighted by atomic mass is 10.0. The molecule has 1 aromatic carbocycles. The molecule has 0 aliphatic heterocycles. The van der Waals surface area contributed by atoms with Crippen molar-refractivity contribution in [3.63, 3.8) is 0 Å². The molecular weight excluding hydrogens is 238 g/mol. The lowest BCUT2D eigenvalue weighted by molar-refractivity contribution is 0.566. The molecule has 1 fully saturated rings. The van der Waals surface area contributed by atoms with Gasteiger partial charge in [0.25, 0.3) is 0 Å². The first kappa shape index (κ1) is 10.2. The normalized spacial score (nSPS) is 18.1. The molecule has 1 aromatic rings. The second-order valence-corrected chi connectivity index (χ2v) is 5.19. The van der Waals surface area contributed by atoms with Gasteiger partial charge in [0.05, 0.1) is 0 Å². The Labute approximate surface area is 93.8 Å². The molecule has 2 heteroatoms. The lowest BCUT2D eigenvalue weighted by Gasteiger charge is -2.10. The van der Waals surface area contributed by atoms with Gasteiger partial charge in [0.1, 0.15) is 0 Å². The van der Waals surface area contributed by atoms with Gasteiger partial charge < -0.3 is 5.73 Å². The van der Waals surface area contributed by atoms with Gasteiger partial charge in [0, 0.05) is 10.5 Å². The summed E-state index contributed by atoms with van der Waals surface area (Å²) >= 11 is 3.47. The lowest BCUT2D eigenvalue weighted by Crippen LogP contribution is -2.23. The van der Waals surface area contributed by atoms with Gasteiger partial charge >= 0.3 is 0 Å². The molecule has 0 amide bonds. The van der Waals surface area contributed by atoms with Gasteiger partial charge in [-0.25, -0.2) is 0 Å². The van der Waals surface area contributed by atoms with Crippen LogP contribution in [0.3, 0.4) is 0 Å². The van der Waals surface area contributed by atoms with Crippen molar-refractivity contribution in [3.8, 4) is 0 Å². The quantitative estimate of drug-likeness (QED) is 0.877. The van der Waals surface area contributed by atoms with Crippen molar-refractivity contribution in [2.75, 3.05) is 0 Å². The van der Waals surface area contributed by atoms with Gasteiger partial charge in [-0.2, -0.15) is 0 Å². The molecule has 0 bridgehead atoms. The van der Waals surface area contributed by atoms with Gasteiger partial charge in [-0.15, -0.1) is 0 Å². The van der Waals surface area contributed by atoms with Crippen LogP contribution in [-0.4, -0.2) is 6.04 Å². The van der Waals surface area contributed by atoms with E-state index in [1.54, 1.807) is 0 Å². The van der Waals surface area contributed by atoms with Crippen molar-refractivity contribution in [1.29, 1.82) is 0 Å². The van der Waals surface area contributed by atoms with Crippen LogP contribution in [0, 0.1) is 5.92 Å². The van der Waals surface area contributed by atoms with Crippen LogP contribution in [0.1, 0.15) is 24.8 Å². The minimum absolute atomic E-state index is 0.344. The third kappa shape index (κ3) is 3.10. The summed E-state index contributed by atoms with van der Waals surface area (Å²) in [7, 11) is 0. The summed E-state index contributed by atoms with van der Waals surface area (Å²) in [5.74, 6) is 0.928. The minimum atomic E-state index is 0.344. The number of rotatable bonds is 4. The molecule has 2 rings (SSSR count). The van der Waals surface area contributed by atoms with Crippen LogP contribution in [0.2, 0.25) is 0 Å². The molecule has 0 saturated heterocycles. The molecule has 0 aromatic heterocycles. The highest BCUT2D eigenvalue weighted by molar-refractivity contribution is 9.10. The van der Waals surface area contributed by atoms with Gasteiger partial charge in [-0.05, 0) is 36.5 Å². The largest absolute Gasteiger partial charge is 0.327 e. The second kappa shape index (κ2) is 4.45. The van der Waals surface area contributed by atoms with Crippen LogP contribution in [0.25, 0.3) is 0 Å². The molecular formula is C12H16BrN. The van der Waals surface area contributed by atoms with Crippen LogP contribution >= 0.6 is 15.9 Å². The molecule has 2 N–H and O–H groups in total. The molecule has 0 radical (unpaired) electrons. The average Bonchev–Trinajstić information content (AvgIpc) is 2.87. The maximum Gasteiger partial charge on any atom is 0.0178 e. The van der Waals surface area contributed by atoms with Crippen LogP contribution < -0.4 is 5.73 Å². The average molecular weight is 254 g/mol. The molecule has 1 atom stereocenters. The Bertz CT molecular complexity index is 307. The highest BCUT2D eigenvalue weighted by Gasteiger charge is 2.23. The standard InChI is InChI=1S/C12H16BrN/c13-11-3-1-2-10(6-11)8-12(14)7-9-4-5-9/h1-3,6,9,12H,4-5,7-8,14H2/t12-/m1/s1. The van der Waals surface area contributed by atoms with Crippen LogP contribution in [-0.2, 0) is 6.42 Å². The van der Waals surface area contributed by atoms with Crippen molar-refractivity contribution in [3.05, 3.63) is 34.3 Å². The molecule has 1 saturated carbocycles. The van der Waals surface area contributed by atoms with E-state index in [9.17, 15) is 0 Å². The zero-order valence-electron chi connectivity index (χ0n) is 8.25. The molecule has 0 unspecified atom stereocenters. The smallest absolute Gasteiger partial charge is 0.0178 e. The number of hydrogen-bond donors (Lipinski definition) is 1. The summed E-state index contributed by atoms with van der Waals surface area (Å²) < 4.78 is 1.15. The topological polar surface area (TPSA) is 26.0 Å². The first-order chi connectivity index (χ1) is 6.74. The van der Waals surface area contributed by atoms with E-state index in [1.807, 2.05) is 0 Å². The number of benzene rings is 1. The summed E-state index contributed by atoms with van der Waals surface area (Å²) in [6.07, 6.45) is 5.00. The first-order valence-corrected chi connectivity index (χ1v) is 6.03. The number of nitrogens with two attached hydrogens (primary N) is 1. The molecule has 1 aliphatic rings. The van der Waals surface area contributed by atoms with Crippen molar-refractivity contribution >= 4 is 15.9 Å². The van der Waals surface area contributed by atoms with Gasteiger partial charge in [-0.1, -0.05) is 40.9 Å². The summed E-state index contributed by atoms with van der Waals surface area (Å²) in [4.78, 5) is 0. The Morgan fingerprint density at radius 2 is 2.21 bits per heavy atom. The van der Waals surface area contributed by atoms with E-state index in [1.165, 1.54) is 24.8 Å². The van der Waals surface area contributed by atoms with Crippen molar-refractivity contribution in [2.24, 2.45) is 11.7 Å². The SMILES string of the molecule is N[C@@H](Cc1cccc(Br)c1)CC1CC1. The Balaban J connectivity index is 1.88. The van der Waals surface area contributed by atoms with E-state index < -0.39 is 0 Å². The molecule has 1 nitrogen and oxygen atoms in total. The van der Waals surface area contributed by atoms with E-state index in [4.69, 9.17) is 5.73 Å². The zero-order valence-corrected chi connectivity index (χ0v) is 9.83. The van der Waals surface area contributed by atoms with Crippen molar-refractivity contribution < 1.29 is 0 Å². The van der Waals surface area contributed by atoms with Gasteiger partial charge in [-0.3, -0.25) is 0 Å². The van der Waals surface area contributed by atoms with Crippen molar-refractivity contribution in [1.82, 2.24) is 0 Å². The Morgan fingerprint density at radius 3 is 2.86 bits per heavy atom. The van der Waals surface area contributed by atoms with E-state index >= 15 is 0 Å². The predicted molar refractivity (Wildman–Crippen MR) is 63.2 cm³/mol. The summed E-state index contributed by atoms with van der Waals surface area (Å²) in [6.45, 7) is 0. The monoisotopic (exact) mass is 253 g/mol. The van der Waals surface area contributed by atoms with Crippen LogP contribution in [0.15, 0.2) is 28.7 Å². The molecule has 0 heterocycles. The fourth-order valence-corrected chi connectivity index (χ4v) is 2.28. The number of halogens is 1. The fourth-order valence-electron chi connectivity index (χ4n) is 1.83. The zero-order chi connectivity index (χ0) is 9.97. The highest BCUT2D eigenvalue weighted by atomic mass is 79.9. The predicted octanol–water partition coefficient (Wildman–Crippen LogP) is 3.12. The highest BCUT2D eigenvalue weighted by Crippen LogP contribution is 2.33. The first-order valence-electron chi connectivity index (χ1n) is 5.24. The molecule has 1 aliphatic carbocycles. The fraction of sp³-hybridized carbons (Fsp3) is 0.500. The Morgan fingerprint density at radius 1 is 1.43 bits per heavy atom. The molecule has 0 spiro atoms. The van der Waals surface area contributed by atoms with E-state index in [-0.39, 0.29) is 0 Å². The van der Waals surface area contributed by atoms with E-state index in [0.717, 1.165) is 16.8 Å². The van der Waals surface area contributed by atoms with Crippen LogP contribution in [0.4, 0.5) is 0 Å². The minimum Gasteiger partial charge on any atom is -0.327 e. The maximum absolute atomic E-state index is 6.08. The second-order valence-electron chi connectivity index (χ2n) is 4.27. The van der Waals surface area contributed by atoms with Crippen molar-refractivity contribution in [2.45, 2.75) is 31.7 Å². The molecule has 14 heavy (non-hydrogen) atoms. The maximum atomic E-state index is 6.08. The van der Waals surface area contributed by atoms with Gasteiger partial charge in [0.2, 0.25) is 0 Å². The summed E-state index contributed by atoms with van der Waals surface area (Å²) in [5, 5.41) is 0. The van der Waals surface area contributed by atoms with Gasteiger partial charge in [0.15, 0.2) is 0 Å². The van der Waals surface area contributed by atoms with E-state index in [0.29, 0.717) is 6.04 Å². The summed E-state index contributed by atoms with van der Waals surface area (Å²) in [6, 6.07) is 8.78. The molecule has 76 valence electrons. The summed E-state index contributed by atoms with van der Waals surface area (Å²) in [5.41, 5.74) is 7.42. The van der Waals surface area contributed by atoms with Crippen LogP contribution in [0.5, 0.6) is 0 Å². The van der Waals surface area contributed by atoms with E-state index in [2.05, 4.69) is 40.2 Å². The third-order valence-corrected chi connectivity index (χ3v) is 3.21. The Hall–Kier alpha value is -0.340.